The van der Waals surface area contributed by atoms with Gasteiger partial charge in [0.05, 0.1) is 21.5 Å². The summed E-state index contributed by atoms with van der Waals surface area (Å²) in [6.45, 7) is 0. The van der Waals surface area contributed by atoms with E-state index in [2.05, 4.69) is 9.99 Å². The summed E-state index contributed by atoms with van der Waals surface area (Å²) in [4.78, 5) is 36.2. The number of halogens is 1. The van der Waals surface area contributed by atoms with Gasteiger partial charge in [0.1, 0.15) is 5.82 Å². The second-order valence-corrected chi connectivity index (χ2v) is 4.61. The zero-order valence-electron chi connectivity index (χ0n) is 12.3. The summed E-state index contributed by atoms with van der Waals surface area (Å²) in [5.41, 5.74) is 4.07. The number of hydrogen-bond donors (Lipinski definition) is 1. The van der Waals surface area contributed by atoms with Crippen molar-refractivity contribution in [2.75, 3.05) is 0 Å². The van der Waals surface area contributed by atoms with Crippen LogP contribution in [0, 0.1) is 26.0 Å². The highest BCUT2D eigenvalue weighted by Gasteiger charge is 2.21. The van der Waals surface area contributed by atoms with Crippen molar-refractivity contribution >= 4 is 23.2 Å². The summed E-state index contributed by atoms with van der Waals surface area (Å²) in [6, 6.07) is 7.12. The molecule has 0 saturated carbocycles. The fourth-order valence-corrected chi connectivity index (χ4v) is 1.74. The molecule has 0 saturated heterocycles. The molecule has 0 amide bonds. The van der Waals surface area contributed by atoms with Gasteiger partial charge in [-0.05, 0) is 24.3 Å². The smallest absolute Gasteiger partial charge is 0.366 e. The van der Waals surface area contributed by atoms with Crippen LogP contribution in [-0.4, -0.2) is 21.7 Å². The van der Waals surface area contributed by atoms with Crippen molar-refractivity contribution in [3.63, 3.8) is 0 Å². The Hall–Kier alpha value is -3.89. The van der Waals surface area contributed by atoms with Gasteiger partial charge in [0, 0.05) is 17.7 Å². The van der Waals surface area contributed by atoms with Crippen LogP contribution in [0.3, 0.4) is 0 Å². The Kier molecular flexibility index (Phi) is 4.98. The molecule has 25 heavy (non-hydrogen) atoms. The molecule has 0 fully saturated rings. The van der Waals surface area contributed by atoms with Crippen LogP contribution in [0.1, 0.15) is 15.9 Å². The van der Waals surface area contributed by atoms with Gasteiger partial charge < -0.3 is 10.6 Å². The molecule has 0 aliphatic carbocycles. The topological polar surface area (TPSA) is 151 Å². The molecule has 0 aliphatic heterocycles. The molecule has 0 unspecified atom stereocenters. The van der Waals surface area contributed by atoms with Crippen molar-refractivity contribution in [3.05, 3.63) is 79.6 Å². The van der Waals surface area contributed by atoms with Gasteiger partial charge in [-0.25, -0.2) is 9.18 Å². The standard InChI is InChI=1S/C14H9FN4O6/c15-10-3-1-8(2-4-10)13(16)17-25-14(20)9-5-11(18(21)22)7-12(6-9)19(23)24/h1-7H,(H2,16,17). The summed E-state index contributed by atoms with van der Waals surface area (Å²) in [5, 5.41) is 24.9. The van der Waals surface area contributed by atoms with E-state index < -0.39 is 38.6 Å². The lowest BCUT2D eigenvalue weighted by Crippen LogP contribution is -2.15. The number of nitrogens with zero attached hydrogens (tertiary/aromatic N) is 3. The third kappa shape index (κ3) is 4.31. The first-order chi connectivity index (χ1) is 11.8. The van der Waals surface area contributed by atoms with E-state index in [0.29, 0.717) is 6.07 Å². The van der Waals surface area contributed by atoms with E-state index in [-0.39, 0.29) is 11.4 Å². The molecule has 10 nitrogen and oxygen atoms in total. The monoisotopic (exact) mass is 348 g/mol. The molecular weight excluding hydrogens is 339 g/mol. The van der Waals surface area contributed by atoms with Crippen LogP contribution in [0.15, 0.2) is 47.6 Å². The van der Waals surface area contributed by atoms with Crippen LogP contribution in [0.25, 0.3) is 0 Å². The van der Waals surface area contributed by atoms with Crippen LogP contribution in [0.2, 0.25) is 0 Å². The molecule has 11 heteroatoms. The molecule has 0 atom stereocenters. The molecular formula is C14H9FN4O6. The quantitative estimate of drug-likeness (QED) is 0.285. The van der Waals surface area contributed by atoms with Crippen molar-refractivity contribution in [1.29, 1.82) is 0 Å². The Morgan fingerprint density at radius 1 is 1.00 bits per heavy atom. The number of carbonyl (C=O) groups is 1. The number of nitro groups is 2. The normalized spacial score (nSPS) is 11.0. The summed E-state index contributed by atoms with van der Waals surface area (Å²) in [6.07, 6.45) is 0. The molecule has 128 valence electrons. The molecule has 0 bridgehead atoms. The van der Waals surface area contributed by atoms with E-state index >= 15 is 0 Å². The Morgan fingerprint density at radius 3 is 2.00 bits per heavy atom. The third-order valence-electron chi connectivity index (χ3n) is 2.93. The van der Waals surface area contributed by atoms with Gasteiger partial charge in [0.15, 0.2) is 5.84 Å². The summed E-state index contributed by atoms with van der Waals surface area (Å²) in [5.74, 6) is -1.94. The van der Waals surface area contributed by atoms with Gasteiger partial charge in [0.2, 0.25) is 0 Å². The number of nitro benzene ring substituents is 2. The highest BCUT2D eigenvalue weighted by atomic mass is 19.1. The van der Waals surface area contributed by atoms with Crippen molar-refractivity contribution in [2.24, 2.45) is 10.9 Å². The van der Waals surface area contributed by atoms with Crippen LogP contribution in [-0.2, 0) is 4.84 Å². The van der Waals surface area contributed by atoms with Gasteiger partial charge in [-0.2, -0.15) is 0 Å². The van der Waals surface area contributed by atoms with E-state index in [0.717, 1.165) is 24.3 Å². The van der Waals surface area contributed by atoms with Gasteiger partial charge in [-0.15, -0.1) is 0 Å². The van der Waals surface area contributed by atoms with Crippen molar-refractivity contribution in [3.8, 4) is 0 Å². The van der Waals surface area contributed by atoms with Crippen LogP contribution < -0.4 is 5.73 Å². The minimum absolute atomic E-state index is 0.256. The molecule has 2 aromatic rings. The lowest BCUT2D eigenvalue weighted by Gasteiger charge is -2.02. The molecule has 2 aromatic carbocycles. The lowest BCUT2D eigenvalue weighted by atomic mass is 10.2. The van der Waals surface area contributed by atoms with E-state index in [1.807, 2.05) is 0 Å². The number of non-ortho nitro benzene ring substituents is 2. The average Bonchev–Trinajstić information content (AvgIpc) is 2.59. The predicted octanol–water partition coefficient (Wildman–Crippen LogP) is 2.12. The molecule has 0 radical (unpaired) electrons. The van der Waals surface area contributed by atoms with Crippen LogP contribution in [0.5, 0.6) is 0 Å². The summed E-state index contributed by atoms with van der Waals surface area (Å²) >= 11 is 0. The number of carbonyl (C=O) groups excluding carboxylic acids is 1. The lowest BCUT2D eigenvalue weighted by molar-refractivity contribution is -0.394. The predicted molar refractivity (Wildman–Crippen MR) is 82.3 cm³/mol. The van der Waals surface area contributed by atoms with Crippen LogP contribution >= 0.6 is 0 Å². The van der Waals surface area contributed by atoms with Crippen LogP contribution in [0.4, 0.5) is 15.8 Å². The highest BCUT2D eigenvalue weighted by molar-refractivity contribution is 5.98. The fourth-order valence-electron chi connectivity index (χ4n) is 1.74. The van der Waals surface area contributed by atoms with E-state index in [1.54, 1.807) is 0 Å². The maximum Gasteiger partial charge on any atom is 0.366 e. The van der Waals surface area contributed by atoms with Crippen molar-refractivity contribution < 1.29 is 23.9 Å². The second kappa shape index (κ2) is 7.12. The number of amidine groups is 1. The third-order valence-corrected chi connectivity index (χ3v) is 2.93. The first-order valence-electron chi connectivity index (χ1n) is 6.52. The zero-order chi connectivity index (χ0) is 18.6. The Morgan fingerprint density at radius 2 is 1.52 bits per heavy atom. The number of rotatable bonds is 5. The Balaban J connectivity index is 2.25. The molecule has 0 aromatic heterocycles. The summed E-state index contributed by atoms with van der Waals surface area (Å²) < 4.78 is 12.8. The Labute approximate surface area is 138 Å². The van der Waals surface area contributed by atoms with Gasteiger partial charge in [-0.1, -0.05) is 5.16 Å². The van der Waals surface area contributed by atoms with E-state index in [9.17, 15) is 29.4 Å². The largest absolute Gasteiger partial charge is 0.380 e. The zero-order valence-corrected chi connectivity index (χ0v) is 12.3. The van der Waals surface area contributed by atoms with Gasteiger partial charge in [0.25, 0.3) is 11.4 Å². The number of benzene rings is 2. The molecule has 0 heterocycles. The number of nitrogens with two attached hydrogens (primary N) is 1. The first kappa shape index (κ1) is 17.5. The number of oxime groups is 1. The van der Waals surface area contributed by atoms with E-state index in [1.165, 1.54) is 12.1 Å². The SMILES string of the molecule is N/C(=N\OC(=O)c1cc([N+](=O)[O-])cc([N+](=O)[O-])c1)c1ccc(F)cc1. The summed E-state index contributed by atoms with van der Waals surface area (Å²) in [7, 11) is 0. The molecule has 2 N–H and O–H groups in total. The van der Waals surface area contributed by atoms with Crippen molar-refractivity contribution in [2.45, 2.75) is 0 Å². The van der Waals surface area contributed by atoms with Gasteiger partial charge >= 0.3 is 5.97 Å². The van der Waals surface area contributed by atoms with Gasteiger partial charge in [-0.3, -0.25) is 20.2 Å². The molecule has 2 rings (SSSR count). The maximum absolute atomic E-state index is 12.8. The van der Waals surface area contributed by atoms with E-state index in [4.69, 9.17) is 5.73 Å². The first-order valence-corrected chi connectivity index (χ1v) is 6.52. The molecule has 0 aliphatic rings. The number of hydrogen-bond acceptors (Lipinski definition) is 7. The average molecular weight is 348 g/mol. The fraction of sp³-hybridized carbons (Fsp3) is 0. The minimum Gasteiger partial charge on any atom is -0.380 e. The highest BCUT2D eigenvalue weighted by Crippen LogP contribution is 2.23. The second-order valence-electron chi connectivity index (χ2n) is 4.61. The maximum atomic E-state index is 12.8. The molecule has 0 spiro atoms. The Bertz CT molecular complexity index is 849. The minimum atomic E-state index is -1.18. The van der Waals surface area contributed by atoms with Crippen molar-refractivity contribution in [1.82, 2.24) is 0 Å².